The van der Waals surface area contributed by atoms with Gasteiger partial charge in [-0.25, -0.2) is 8.78 Å². The Bertz CT molecular complexity index is 540. The Morgan fingerprint density at radius 3 is 2.81 bits per heavy atom. The maximum Gasteiger partial charge on any atom is 0.279 e. The van der Waals surface area contributed by atoms with Crippen molar-refractivity contribution >= 4 is 23.2 Å². The van der Waals surface area contributed by atoms with Gasteiger partial charge in [-0.3, -0.25) is 15.6 Å². The molecular formula is C13H15F2N3O2S. The Labute approximate surface area is 126 Å². The molecular weight excluding hydrogens is 300 g/mol. The van der Waals surface area contributed by atoms with E-state index in [1.807, 2.05) is 0 Å². The lowest BCUT2D eigenvalue weighted by Gasteiger charge is -2.16. The molecule has 3 N–H and O–H groups in total. The molecule has 0 bridgehead atoms. The molecule has 1 aromatic rings. The fraction of sp³-hybridized carbons (Fsp3) is 0.231. The van der Waals surface area contributed by atoms with Crippen molar-refractivity contribution in [2.75, 3.05) is 6.54 Å². The molecule has 5 nitrogen and oxygen atoms in total. The smallest absolute Gasteiger partial charge is 0.279 e. The van der Waals surface area contributed by atoms with E-state index in [1.54, 1.807) is 6.08 Å². The van der Waals surface area contributed by atoms with E-state index in [-0.39, 0.29) is 10.9 Å². The maximum atomic E-state index is 13.4. The van der Waals surface area contributed by atoms with E-state index < -0.39 is 23.6 Å². The number of hydrogen-bond acceptors (Lipinski definition) is 3. The molecule has 0 heterocycles. The van der Waals surface area contributed by atoms with E-state index in [0.29, 0.717) is 12.6 Å². The molecule has 1 atom stereocenters. The van der Waals surface area contributed by atoms with Crippen molar-refractivity contribution in [2.24, 2.45) is 0 Å². The van der Waals surface area contributed by atoms with Crippen LogP contribution in [0.5, 0.6) is 5.75 Å². The summed E-state index contributed by atoms with van der Waals surface area (Å²) in [6.45, 7) is 5.35. The number of ether oxygens (including phenoxy) is 1. The number of hydrogen-bond donors (Lipinski definition) is 3. The molecule has 0 fully saturated rings. The number of carbonyl (C=O) groups excluding carboxylic acids is 1. The van der Waals surface area contributed by atoms with Gasteiger partial charge in [-0.05, 0) is 31.3 Å². The molecule has 0 radical (unpaired) electrons. The summed E-state index contributed by atoms with van der Waals surface area (Å²) >= 11 is 4.86. The number of carbonyl (C=O) groups is 1. The molecule has 0 saturated heterocycles. The lowest BCUT2D eigenvalue weighted by atomic mass is 10.3. The molecule has 0 spiro atoms. The fourth-order valence-electron chi connectivity index (χ4n) is 1.24. The van der Waals surface area contributed by atoms with E-state index in [1.165, 1.54) is 6.92 Å². The second-order valence-corrected chi connectivity index (χ2v) is 4.36. The van der Waals surface area contributed by atoms with Crippen LogP contribution in [0.1, 0.15) is 6.92 Å². The number of benzene rings is 1. The van der Waals surface area contributed by atoms with Crippen LogP contribution >= 0.6 is 12.2 Å². The van der Waals surface area contributed by atoms with Crippen LogP contribution in [0.3, 0.4) is 0 Å². The largest absolute Gasteiger partial charge is 0.478 e. The zero-order valence-electron chi connectivity index (χ0n) is 11.3. The van der Waals surface area contributed by atoms with Gasteiger partial charge in [0.1, 0.15) is 5.82 Å². The molecule has 0 aromatic heterocycles. The minimum absolute atomic E-state index is 0.198. The number of amides is 1. The number of hydrazine groups is 1. The van der Waals surface area contributed by atoms with Gasteiger partial charge in [-0.1, -0.05) is 6.08 Å². The standard InChI is InChI=1S/C13H15F2N3O2S/c1-3-6-16-13(21)18-17-12(19)8(2)20-11-5-4-9(14)7-10(11)15/h3-5,7-8H,1,6H2,2H3,(H,17,19)(H2,16,18,21)/t8-/m1/s1. The summed E-state index contributed by atoms with van der Waals surface area (Å²) in [5.41, 5.74) is 4.74. The van der Waals surface area contributed by atoms with Crippen LogP contribution in [0.2, 0.25) is 0 Å². The SMILES string of the molecule is C=CCNC(=S)NNC(=O)[C@@H](C)Oc1ccc(F)cc1F. The molecule has 1 aromatic carbocycles. The first kappa shape index (κ1) is 16.8. The van der Waals surface area contributed by atoms with Crippen molar-refractivity contribution in [1.29, 1.82) is 0 Å². The zero-order chi connectivity index (χ0) is 15.8. The van der Waals surface area contributed by atoms with Crippen LogP contribution < -0.4 is 20.9 Å². The van der Waals surface area contributed by atoms with Crippen molar-refractivity contribution in [1.82, 2.24) is 16.2 Å². The van der Waals surface area contributed by atoms with Gasteiger partial charge >= 0.3 is 0 Å². The third-order valence-corrected chi connectivity index (χ3v) is 2.52. The molecule has 0 aliphatic rings. The minimum atomic E-state index is -1.00. The van der Waals surface area contributed by atoms with E-state index in [0.717, 1.165) is 12.1 Å². The summed E-state index contributed by atoms with van der Waals surface area (Å²) in [6.07, 6.45) is 0.596. The third-order valence-electron chi connectivity index (χ3n) is 2.27. The summed E-state index contributed by atoms with van der Waals surface area (Å²) in [5.74, 6) is -2.39. The summed E-state index contributed by atoms with van der Waals surface area (Å²) in [5, 5.41) is 2.93. The molecule has 0 unspecified atom stereocenters. The van der Waals surface area contributed by atoms with Crippen LogP contribution in [-0.4, -0.2) is 23.7 Å². The highest BCUT2D eigenvalue weighted by Crippen LogP contribution is 2.18. The predicted octanol–water partition coefficient (Wildman–Crippen LogP) is 1.41. The highest BCUT2D eigenvalue weighted by molar-refractivity contribution is 7.80. The van der Waals surface area contributed by atoms with Gasteiger partial charge in [-0.2, -0.15) is 0 Å². The molecule has 0 aliphatic heterocycles. The number of halogens is 2. The van der Waals surface area contributed by atoms with Crippen LogP contribution in [-0.2, 0) is 4.79 Å². The molecule has 0 saturated carbocycles. The van der Waals surface area contributed by atoms with Gasteiger partial charge in [-0.15, -0.1) is 6.58 Å². The monoisotopic (exact) mass is 315 g/mol. The molecule has 1 amide bonds. The lowest BCUT2D eigenvalue weighted by Crippen LogP contribution is -2.50. The van der Waals surface area contributed by atoms with Crippen molar-refractivity contribution in [3.05, 3.63) is 42.5 Å². The number of nitrogens with one attached hydrogen (secondary N) is 3. The molecule has 8 heteroatoms. The van der Waals surface area contributed by atoms with Gasteiger partial charge in [0.25, 0.3) is 5.91 Å². The Hall–Kier alpha value is -2.22. The summed E-state index contributed by atoms with van der Waals surface area (Å²) in [7, 11) is 0. The Morgan fingerprint density at radius 2 is 2.19 bits per heavy atom. The summed E-state index contributed by atoms with van der Waals surface area (Å²) in [4.78, 5) is 11.7. The number of thiocarbonyl (C=S) groups is 1. The van der Waals surface area contributed by atoms with Gasteiger partial charge in [0.15, 0.2) is 22.8 Å². The average molecular weight is 315 g/mol. The minimum Gasteiger partial charge on any atom is -0.478 e. The first-order valence-electron chi connectivity index (χ1n) is 6.00. The van der Waals surface area contributed by atoms with Crippen molar-refractivity contribution in [2.45, 2.75) is 13.0 Å². The predicted molar refractivity (Wildman–Crippen MR) is 78.5 cm³/mol. The first-order chi connectivity index (χ1) is 9.93. The Morgan fingerprint density at radius 1 is 1.48 bits per heavy atom. The van der Waals surface area contributed by atoms with E-state index in [9.17, 15) is 13.6 Å². The van der Waals surface area contributed by atoms with E-state index in [2.05, 4.69) is 22.7 Å². The highest BCUT2D eigenvalue weighted by Gasteiger charge is 2.17. The second-order valence-electron chi connectivity index (χ2n) is 3.95. The third kappa shape index (κ3) is 5.74. The van der Waals surface area contributed by atoms with Gasteiger partial charge in [0.05, 0.1) is 0 Å². The molecule has 0 aliphatic carbocycles. The summed E-state index contributed by atoms with van der Waals surface area (Å²) < 4.78 is 31.2. The van der Waals surface area contributed by atoms with Gasteiger partial charge in [0.2, 0.25) is 0 Å². The first-order valence-corrected chi connectivity index (χ1v) is 6.41. The lowest BCUT2D eigenvalue weighted by molar-refractivity contribution is -0.127. The average Bonchev–Trinajstić information content (AvgIpc) is 2.45. The van der Waals surface area contributed by atoms with E-state index >= 15 is 0 Å². The van der Waals surface area contributed by atoms with E-state index in [4.69, 9.17) is 17.0 Å². The topological polar surface area (TPSA) is 62.4 Å². The Balaban J connectivity index is 2.47. The van der Waals surface area contributed by atoms with Crippen LogP contribution in [0.25, 0.3) is 0 Å². The van der Waals surface area contributed by atoms with Gasteiger partial charge in [0, 0.05) is 12.6 Å². The zero-order valence-corrected chi connectivity index (χ0v) is 12.1. The van der Waals surface area contributed by atoms with Crippen LogP contribution in [0.15, 0.2) is 30.9 Å². The van der Waals surface area contributed by atoms with Crippen LogP contribution in [0.4, 0.5) is 8.78 Å². The van der Waals surface area contributed by atoms with Gasteiger partial charge < -0.3 is 10.1 Å². The van der Waals surface area contributed by atoms with Crippen molar-refractivity contribution in [3.8, 4) is 5.75 Å². The molecule has 21 heavy (non-hydrogen) atoms. The molecule has 1 rings (SSSR count). The van der Waals surface area contributed by atoms with Crippen molar-refractivity contribution in [3.63, 3.8) is 0 Å². The van der Waals surface area contributed by atoms with Crippen molar-refractivity contribution < 1.29 is 18.3 Å². The second kappa shape index (κ2) is 8.15. The number of rotatable bonds is 5. The highest BCUT2D eigenvalue weighted by atomic mass is 32.1. The maximum absolute atomic E-state index is 13.4. The summed E-state index contributed by atoms with van der Waals surface area (Å²) in [6, 6.07) is 2.82. The van der Waals surface area contributed by atoms with Crippen LogP contribution in [0, 0.1) is 11.6 Å². The quantitative estimate of drug-likeness (QED) is 0.436. The Kier molecular flexibility index (Phi) is 6.54. The molecule has 114 valence electrons. The fourth-order valence-corrected chi connectivity index (χ4v) is 1.38. The normalized spacial score (nSPS) is 11.2.